The molecule has 4 rings (SSSR count). The molecule has 5 nitrogen and oxygen atoms in total. The number of carbonyl (C=O) groups excluding carboxylic acids is 1. The molecule has 0 atom stereocenters. The normalized spacial score (nSPS) is 14.2. The Bertz CT molecular complexity index is 1320. The average Bonchev–Trinajstić information content (AvgIpc) is 3.15. The molecule has 0 radical (unpaired) electrons. The summed E-state index contributed by atoms with van der Waals surface area (Å²) in [7, 11) is 0. The molecule has 0 saturated carbocycles. The molecule has 8 heteroatoms. The van der Waals surface area contributed by atoms with Crippen LogP contribution in [0.1, 0.15) is 29.2 Å². The molecule has 0 fully saturated rings. The summed E-state index contributed by atoms with van der Waals surface area (Å²) in [5, 5.41) is 0. The summed E-state index contributed by atoms with van der Waals surface area (Å²) in [5.74, 6) is 1.09. The largest absolute Gasteiger partial charge is 0.490 e. The molecule has 3 aromatic rings. The highest BCUT2D eigenvalue weighted by atomic mass is 127. The van der Waals surface area contributed by atoms with Crippen molar-refractivity contribution in [3.05, 3.63) is 94.2 Å². The first kappa shape index (κ1) is 25.2. The Kier molecular flexibility index (Phi) is 8.30. The SMILES string of the molecule is CCOc1cc(/C=C2\N=C(c3ccc(I)c(Br)c3)OC2=O)cc(I)c1OCc1cccc(C)c1. The standard InChI is InChI=1S/C26H20BrI2NO4/c1-3-32-23-12-17(10-21(29)24(23)33-14-16-6-4-5-15(2)9-16)11-22-26(31)34-25(30-22)18-7-8-20(28)19(27)13-18/h4-13H,3,14H2,1-2H3/b22-11-. The minimum atomic E-state index is -0.489. The molecule has 1 aliphatic rings. The van der Waals surface area contributed by atoms with Crippen molar-refractivity contribution >= 4 is 79.1 Å². The van der Waals surface area contributed by atoms with Gasteiger partial charge < -0.3 is 14.2 Å². The van der Waals surface area contributed by atoms with Crippen LogP contribution in [0, 0.1) is 14.1 Å². The van der Waals surface area contributed by atoms with Crippen molar-refractivity contribution in [1.29, 1.82) is 0 Å². The highest BCUT2D eigenvalue weighted by molar-refractivity contribution is 14.1. The summed E-state index contributed by atoms with van der Waals surface area (Å²) in [4.78, 5) is 16.9. The van der Waals surface area contributed by atoms with E-state index in [1.54, 1.807) is 6.08 Å². The van der Waals surface area contributed by atoms with Crippen LogP contribution in [-0.2, 0) is 16.1 Å². The van der Waals surface area contributed by atoms with E-state index < -0.39 is 5.97 Å². The van der Waals surface area contributed by atoms with Gasteiger partial charge in [-0.25, -0.2) is 9.79 Å². The van der Waals surface area contributed by atoms with Crippen molar-refractivity contribution in [2.24, 2.45) is 4.99 Å². The van der Waals surface area contributed by atoms with Crippen molar-refractivity contribution in [2.75, 3.05) is 6.61 Å². The Morgan fingerprint density at radius 2 is 1.88 bits per heavy atom. The van der Waals surface area contributed by atoms with Crippen LogP contribution in [0.5, 0.6) is 11.5 Å². The maximum Gasteiger partial charge on any atom is 0.363 e. The van der Waals surface area contributed by atoms with Crippen LogP contribution < -0.4 is 9.47 Å². The molecular weight excluding hydrogens is 724 g/mol. The van der Waals surface area contributed by atoms with Crippen LogP contribution in [0.3, 0.4) is 0 Å². The van der Waals surface area contributed by atoms with Gasteiger partial charge in [0.05, 0.1) is 10.2 Å². The van der Waals surface area contributed by atoms with Gasteiger partial charge in [0.2, 0.25) is 5.90 Å². The molecule has 0 amide bonds. The fourth-order valence-corrected chi connectivity index (χ4v) is 4.85. The number of cyclic esters (lactones) is 1. The van der Waals surface area contributed by atoms with Crippen LogP contribution in [-0.4, -0.2) is 18.5 Å². The van der Waals surface area contributed by atoms with Crippen LogP contribution in [0.2, 0.25) is 0 Å². The van der Waals surface area contributed by atoms with E-state index in [-0.39, 0.29) is 11.6 Å². The van der Waals surface area contributed by atoms with E-state index >= 15 is 0 Å². The Balaban J connectivity index is 1.61. The molecule has 34 heavy (non-hydrogen) atoms. The molecule has 0 bridgehead atoms. The Labute approximate surface area is 234 Å². The minimum absolute atomic E-state index is 0.233. The molecular formula is C26H20BrI2NO4. The third-order valence-corrected chi connectivity index (χ3v) is 8.03. The van der Waals surface area contributed by atoms with Crippen molar-refractivity contribution in [3.63, 3.8) is 0 Å². The zero-order valence-electron chi connectivity index (χ0n) is 18.4. The molecule has 3 aromatic carbocycles. The molecule has 0 unspecified atom stereocenters. The van der Waals surface area contributed by atoms with Gasteiger partial charge in [-0.2, -0.15) is 0 Å². The number of hydrogen-bond donors (Lipinski definition) is 0. The third kappa shape index (κ3) is 6.01. The summed E-state index contributed by atoms with van der Waals surface area (Å²) in [5.41, 5.74) is 4.01. The number of hydrogen-bond acceptors (Lipinski definition) is 5. The number of carbonyl (C=O) groups is 1. The smallest absolute Gasteiger partial charge is 0.363 e. The lowest BCUT2D eigenvalue weighted by atomic mass is 10.1. The van der Waals surface area contributed by atoms with Gasteiger partial charge in [0.25, 0.3) is 0 Å². The van der Waals surface area contributed by atoms with Crippen LogP contribution >= 0.6 is 61.1 Å². The van der Waals surface area contributed by atoms with E-state index in [4.69, 9.17) is 14.2 Å². The van der Waals surface area contributed by atoms with E-state index in [0.29, 0.717) is 24.7 Å². The highest BCUT2D eigenvalue weighted by Crippen LogP contribution is 2.36. The first-order chi connectivity index (χ1) is 16.3. The predicted molar refractivity (Wildman–Crippen MR) is 153 cm³/mol. The topological polar surface area (TPSA) is 57.1 Å². The second-order valence-electron chi connectivity index (χ2n) is 7.51. The molecule has 1 heterocycles. The van der Waals surface area contributed by atoms with Gasteiger partial charge in [-0.05, 0) is 122 Å². The van der Waals surface area contributed by atoms with Gasteiger partial charge in [0.15, 0.2) is 17.2 Å². The van der Waals surface area contributed by atoms with Gasteiger partial charge >= 0.3 is 5.97 Å². The lowest BCUT2D eigenvalue weighted by molar-refractivity contribution is -0.129. The molecule has 0 saturated heterocycles. The van der Waals surface area contributed by atoms with Crippen molar-refractivity contribution in [3.8, 4) is 11.5 Å². The molecule has 174 valence electrons. The lowest BCUT2D eigenvalue weighted by Gasteiger charge is -2.15. The number of halogens is 3. The molecule has 0 spiro atoms. The fraction of sp³-hybridized carbons (Fsp3) is 0.154. The Hall–Kier alpha value is -1.92. The zero-order chi connectivity index (χ0) is 24.2. The first-order valence-corrected chi connectivity index (χ1v) is 13.4. The number of rotatable bonds is 7. The summed E-state index contributed by atoms with van der Waals surface area (Å²) < 4.78 is 20.3. The van der Waals surface area contributed by atoms with E-state index in [1.165, 1.54) is 5.56 Å². The van der Waals surface area contributed by atoms with Gasteiger partial charge in [0, 0.05) is 13.6 Å². The first-order valence-electron chi connectivity index (χ1n) is 10.5. The average molecular weight is 744 g/mol. The molecule has 1 aliphatic heterocycles. The summed E-state index contributed by atoms with van der Waals surface area (Å²) in [6, 6.07) is 17.7. The monoisotopic (exact) mass is 743 g/mol. The fourth-order valence-electron chi connectivity index (χ4n) is 3.35. The van der Waals surface area contributed by atoms with Crippen molar-refractivity contribution in [1.82, 2.24) is 0 Å². The number of aryl methyl sites for hydroxylation is 1. The lowest BCUT2D eigenvalue weighted by Crippen LogP contribution is -2.05. The highest BCUT2D eigenvalue weighted by Gasteiger charge is 2.25. The Morgan fingerprint density at radius 3 is 2.62 bits per heavy atom. The number of ether oxygens (including phenoxy) is 3. The van der Waals surface area contributed by atoms with Crippen LogP contribution in [0.25, 0.3) is 6.08 Å². The maximum atomic E-state index is 12.5. The van der Waals surface area contributed by atoms with Gasteiger partial charge in [-0.1, -0.05) is 29.8 Å². The van der Waals surface area contributed by atoms with Gasteiger partial charge in [0.1, 0.15) is 6.61 Å². The number of esters is 1. The van der Waals surface area contributed by atoms with Crippen molar-refractivity contribution in [2.45, 2.75) is 20.5 Å². The number of nitrogens with zero attached hydrogens (tertiary/aromatic N) is 1. The van der Waals surface area contributed by atoms with E-state index in [0.717, 1.165) is 28.3 Å². The van der Waals surface area contributed by atoms with E-state index in [1.807, 2.05) is 49.4 Å². The summed E-state index contributed by atoms with van der Waals surface area (Å²) in [6.45, 7) is 4.90. The third-order valence-electron chi connectivity index (χ3n) is 4.89. The van der Waals surface area contributed by atoms with Gasteiger partial charge in [-0.3, -0.25) is 0 Å². The van der Waals surface area contributed by atoms with E-state index in [2.05, 4.69) is 85.2 Å². The molecule has 0 N–H and O–H groups in total. The minimum Gasteiger partial charge on any atom is -0.490 e. The molecule has 0 aromatic heterocycles. The van der Waals surface area contributed by atoms with Crippen LogP contribution in [0.4, 0.5) is 0 Å². The van der Waals surface area contributed by atoms with Crippen LogP contribution in [0.15, 0.2) is 69.8 Å². The predicted octanol–water partition coefficient (Wildman–Crippen LogP) is 7.29. The second-order valence-corrected chi connectivity index (χ2v) is 10.7. The number of aliphatic imine (C=N–C) groups is 1. The van der Waals surface area contributed by atoms with Crippen molar-refractivity contribution < 1.29 is 19.0 Å². The summed E-state index contributed by atoms with van der Waals surface area (Å²) >= 11 is 7.95. The zero-order valence-corrected chi connectivity index (χ0v) is 24.3. The number of benzene rings is 3. The maximum absolute atomic E-state index is 12.5. The quantitative estimate of drug-likeness (QED) is 0.145. The summed E-state index contributed by atoms with van der Waals surface area (Å²) in [6.07, 6.45) is 1.70. The van der Waals surface area contributed by atoms with Gasteiger partial charge in [-0.15, -0.1) is 0 Å². The Morgan fingerprint density at radius 1 is 1.06 bits per heavy atom. The molecule has 0 aliphatic carbocycles. The second kappa shape index (κ2) is 11.2. The van der Waals surface area contributed by atoms with E-state index in [9.17, 15) is 4.79 Å².